The summed E-state index contributed by atoms with van der Waals surface area (Å²) in [6.45, 7) is 0.187. The highest BCUT2D eigenvalue weighted by Gasteiger charge is 2.38. The van der Waals surface area contributed by atoms with Gasteiger partial charge in [-0.1, -0.05) is 6.07 Å². The zero-order valence-electron chi connectivity index (χ0n) is 17.7. The Morgan fingerprint density at radius 2 is 2.09 bits per heavy atom. The van der Waals surface area contributed by atoms with Crippen LogP contribution >= 0.6 is 0 Å². The third kappa shape index (κ3) is 5.68. The lowest BCUT2D eigenvalue weighted by molar-refractivity contribution is -0.165. The molecule has 0 radical (unpaired) electrons. The number of amides is 1. The zero-order chi connectivity index (χ0) is 23.6. The van der Waals surface area contributed by atoms with Gasteiger partial charge < -0.3 is 25.5 Å². The number of carbonyl (C=O) groups excluding carboxylic acids is 1. The van der Waals surface area contributed by atoms with Gasteiger partial charge in [0.25, 0.3) is 0 Å². The van der Waals surface area contributed by atoms with Crippen LogP contribution in [0.15, 0.2) is 24.4 Å². The molecule has 2 aliphatic rings. The molecule has 0 bridgehead atoms. The second kappa shape index (κ2) is 9.20. The van der Waals surface area contributed by atoms with Crippen molar-refractivity contribution in [2.24, 2.45) is 5.92 Å². The second-order valence-corrected chi connectivity index (χ2v) is 8.10. The maximum absolute atomic E-state index is 13.1. The van der Waals surface area contributed by atoms with Crippen LogP contribution in [0, 0.1) is 5.92 Å². The number of carboxylic acid groups (broad SMARTS) is 1. The van der Waals surface area contributed by atoms with Crippen molar-refractivity contribution in [2.75, 3.05) is 37.0 Å². The number of benzene rings is 1. The minimum Gasteiger partial charge on any atom is -0.493 e. The summed E-state index contributed by atoms with van der Waals surface area (Å²) < 4.78 is 46.8. The van der Waals surface area contributed by atoms with Crippen LogP contribution in [0.2, 0.25) is 0 Å². The number of rotatable bonds is 7. The van der Waals surface area contributed by atoms with Gasteiger partial charge in [-0.25, -0.2) is 9.66 Å². The normalized spacial score (nSPS) is 18.0. The Morgan fingerprint density at radius 1 is 1.27 bits per heavy atom. The lowest BCUT2D eigenvalue weighted by atomic mass is 9.94. The molecule has 2 aromatic rings. The smallest absolute Gasteiger partial charge is 0.406 e. The largest absolute Gasteiger partial charge is 0.493 e. The van der Waals surface area contributed by atoms with Gasteiger partial charge in [0.05, 0.1) is 30.8 Å². The Balaban J connectivity index is 1.46. The van der Waals surface area contributed by atoms with Gasteiger partial charge in [-0.15, -0.1) is 0 Å². The number of ether oxygens (including phenoxy) is 1. The number of hydrogen-bond acceptors (Lipinski definition) is 6. The molecule has 1 amide bonds. The fourth-order valence-corrected chi connectivity index (χ4v) is 4.07. The molecule has 0 saturated carbocycles. The summed E-state index contributed by atoms with van der Waals surface area (Å²) in [7, 11) is 0. The molecule has 12 heteroatoms. The molecule has 4 rings (SSSR count). The van der Waals surface area contributed by atoms with Gasteiger partial charge in [0.15, 0.2) is 0 Å². The number of alkyl halides is 3. The SMILES string of the molecule is O=C(O)C[C@@H]1Cc2ccc(OCCc3cn4c(n3)NCCN4)cc2CN(CC(F)(F)F)C1=O. The quantitative estimate of drug-likeness (QED) is 0.572. The zero-order valence-corrected chi connectivity index (χ0v) is 17.7. The van der Waals surface area contributed by atoms with Gasteiger partial charge in [-0.2, -0.15) is 13.2 Å². The summed E-state index contributed by atoms with van der Waals surface area (Å²) in [5.41, 5.74) is 5.15. The fourth-order valence-electron chi connectivity index (χ4n) is 4.07. The van der Waals surface area contributed by atoms with Crippen molar-refractivity contribution in [2.45, 2.75) is 32.0 Å². The number of carboxylic acids is 1. The molecule has 3 N–H and O–H groups in total. The summed E-state index contributed by atoms with van der Waals surface area (Å²) >= 11 is 0. The van der Waals surface area contributed by atoms with Gasteiger partial charge in [0.1, 0.15) is 12.3 Å². The number of hydrogen-bond donors (Lipinski definition) is 3. The molecule has 33 heavy (non-hydrogen) atoms. The van der Waals surface area contributed by atoms with Crippen LogP contribution in [0.5, 0.6) is 5.75 Å². The van der Waals surface area contributed by atoms with E-state index in [1.165, 1.54) is 0 Å². The maximum atomic E-state index is 13.1. The molecule has 1 atom stereocenters. The lowest BCUT2D eigenvalue weighted by Gasteiger charge is -2.25. The van der Waals surface area contributed by atoms with E-state index in [-0.39, 0.29) is 13.0 Å². The molecular weight excluding hydrogens is 443 g/mol. The molecule has 0 saturated heterocycles. The van der Waals surface area contributed by atoms with Crippen LogP contribution in [-0.4, -0.2) is 64.0 Å². The number of fused-ring (bicyclic) bond motifs is 2. The topological polar surface area (TPSA) is 109 Å². The van der Waals surface area contributed by atoms with Crippen LogP contribution < -0.4 is 15.5 Å². The summed E-state index contributed by atoms with van der Waals surface area (Å²) in [5, 5.41) is 12.3. The average Bonchev–Trinajstić information content (AvgIpc) is 3.10. The number of aliphatic carboxylic acids is 1. The highest BCUT2D eigenvalue weighted by atomic mass is 19.4. The number of carbonyl (C=O) groups is 2. The van der Waals surface area contributed by atoms with Crippen LogP contribution in [-0.2, 0) is 29.0 Å². The number of aromatic nitrogens is 2. The molecule has 9 nitrogen and oxygen atoms in total. The summed E-state index contributed by atoms with van der Waals surface area (Å²) in [6, 6.07) is 4.99. The molecule has 0 spiro atoms. The van der Waals surface area contributed by atoms with E-state index in [4.69, 9.17) is 9.84 Å². The molecule has 1 aromatic carbocycles. The first-order chi connectivity index (χ1) is 15.7. The summed E-state index contributed by atoms with van der Waals surface area (Å²) in [5.74, 6) is -1.89. The van der Waals surface area contributed by atoms with Gasteiger partial charge in [0, 0.05) is 26.1 Å². The van der Waals surface area contributed by atoms with E-state index < -0.39 is 36.9 Å². The van der Waals surface area contributed by atoms with E-state index in [9.17, 15) is 22.8 Å². The standard InChI is InChI=1S/C21H24F3N5O4/c22-21(23,24)12-28-10-15-8-17(2-1-13(15)7-14(19(28)32)9-18(30)31)33-6-3-16-11-29-20(27-16)25-4-5-26-29/h1-2,8,11,14,26H,3-7,9-10,12H2,(H,25,27)(H,30,31)/t14-/m0/s1. The van der Waals surface area contributed by atoms with Crippen LogP contribution in [0.1, 0.15) is 23.2 Å². The predicted molar refractivity (Wildman–Crippen MR) is 112 cm³/mol. The third-order valence-corrected chi connectivity index (χ3v) is 5.53. The Bertz CT molecular complexity index is 1020. The Morgan fingerprint density at radius 3 is 2.82 bits per heavy atom. The third-order valence-electron chi connectivity index (χ3n) is 5.53. The number of halogens is 3. The molecule has 0 aliphatic carbocycles. The van der Waals surface area contributed by atoms with E-state index in [2.05, 4.69) is 15.7 Å². The molecule has 3 heterocycles. The van der Waals surface area contributed by atoms with Gasteiger partial charge in [0.2, 0.25) is 11.9 Å². The molecule has 1 aromatic heterocycles. The minimum absolute atomic E-state index is 0.0648. The van der Waals surface area contributed by atoms with E-state index in [0.717, 1.165) is 24.7 Å². The Kier molecular flexibility index (Phi) is 6.34. The van der Waals surface area contributed by atoms with Crippen molar-refractivity contribution in [1.82, 2.24) is 14.6 Å². The first kappa shape index (κ1) is 22.7. The van der Waals surface area contributed by atoms with E-state index in [1.807, 2.05) is 6.20 Å². The highest BCUT2D eigenvalue weighted by Crippen LogP contribution is 2.30. The first-order valence-corrected chi connectivity index (χ1v) is 10.6. The molecule has 0 unspecified atom stereocenters. The van der Waals surface area contributed by atoms with E-state index in [0.29, 0.717) is 34.8 Å². The number of nitrogens with zero attached hydrogens (tertiary/aromatic N) is 3. The van der Waals surface area contributed by atoms with Crippen molar-refractivity contribution in [1.29, 1.82) is 0 Å². The lowest BCUT2D eigenvalue weighted by Crippen LogP contribution is -2.41. The predicted octanol–water partition coefficient (Wildman–Crippen LogP) is 2.01. The van der Waals surface area contributed by atoms with Crippen molar-refractivity contribution in [3.05, 3.63) is 41.2 Å². The van der Waals surface area contributed by atoms with Crippen molar-refractivity contribution in [3.63, 3.8) is 0 Å². The van der Waals surface area contributed by atoms with Gasteiger partial charge >= 0.3 is 12.1 Å². The molecule has 0 fully saturated rings. The monoisotopic (exact) mass is 467 g/mol. The van der Waals surface area contributed by atoms with Crippen LogP contribution in [0.3, 0.4) is 0 Å². The molecule has 178 valence electrons. The summed E-state index contributed by atoms with van der Waals surface area (Å²) in [6.07, 6.45) is -2.65. The number of nitrogens with one attached hydrogen (secondary N) is 2. The Labute approximate surface area is 187 Å². The van der Waals surface area contributed by atoms with Crippen molar-refractivity contribution >= 4 is 17.8 Å². The van der Waals surface area contributed by atoms with Crippen LogP contribution in [0.25, 0.3) is 0 Å². The second-order valence-electron chi connectivity index (χ2n) is 8.10. The van der Waals surface area contributed by atoms with E-state index >= 15 is 0 Å². The minimum atomic E-state index is -4.59. The Hall–Kier alpha value is -3.44. The first-order valence-electron chi connectivity index (χ1n) is 10.6. The molecule has 2 aliphatic heterocycles. The van der Waals surface area contributed by atoms with Gasteiger partial charge in [-0.3, -0.25) is 9.59 Å². The van der Waals surface area contributed by atoms with Crippen molar-refractivity contribution in [3.8, 4) is 5.75 Å². The highest BCUT2D eigenvalue weighted by molar-refractivity contribution is 5.84. The average molecular weight is 467 g/mol. The maximum Gasteiger partial charge on any atom is 0.406 e. The number of anilines is 1. The van der Waals surface area contributed by atoms with E-state index in [1.54, 1.807) is 22.9 Å². The van der Waals surface area contributed by atoms with Gasteiger partial charge in [-0.05, 0) is 29.7 Å². The summed E-state index contributed by atoms with van der Waals surface area (Å²) in [4.78, 5) is 28.9. The number of imidazole rings is 1. The fraction of sp³-hybridized carbons (Fsp3) is 0.476. The molecular formula is C21H24F3N5O4. The van der Waals surface area contributed by atoms with Crippen molar-refractivity contribution < 1.29 is 32.6 Å². The van der Waals surface area contributed by atoms with Crippen LogP contribution in [0.4, 0.5) is 19.1 Å².